The molecule has 0 radical (unpaired) electrons. The van der Waals surface area contributed by atoms with Gasteiger partial charge >= 0.3 is 12.1 Å². The number of likely N-dealkylation sites (N-methyl/N-ethyl adjacent to an activating group) is 1. The minimum atomic E-state index is -1.87. The molecule has 20 heteroatoms. The van der Waals surface area contributed by atoms with E-state index in [4.69, 9.17) is 41.0 Å². The maximum Gasteiger partial charge on any atom is 0.409 e. The highest BCUT2D eigenvalue weighted by atomic mass is 35.5. The van der Waals surface area contributed by atoms with E-state index >= 15 is 0 Å². The largest absolute Gasteiger partial charge is 0.495 e. The number of primary amides is 1. The van der Waals surface area contributed by atoms with E-state index in [0.717, 1.165) is 11.1 Å². The summed E-state index contributed by atoms with van der Waals surface area (Å²) in [5.74, 6) is -2.71. The Hall–Kier alpha value is -4.69. The van der Waals surface area contributed by atoms with Gasteiger partial charge in [-0.05, 0) is 76.5 Å². The fourth-order valence-corrected chi connectivity index (χ4v) is 11.0. The van der Waals surface area contributed by atoms with E-state index in [1.807, 2.05) is 13.0 Å². The number of alkyl carbamates (subject to hydrolysis) is 1. The predicted molar refractivity (Wildman–Crippen MR) is 248 cm³/mol. The van der Waals surface area contributed by atoms with Crippen LogP contribution in [0.3, 0.4) is 0 Å². The van der Waals surface area contributed by atoms with E-state index in [2.05, 4.69) is 5.32 Å². The average Bonchev–Trinajstić information content (AvgIpc) is 3.91. The third-order valence-electron chi connectivity index (χ3n) is 14.1. The quantitative estimate of drug-likeness (QED) is 0.152. The number of nitrogens with one attached hydrogen (secondary N) is 1. The van der Waals surface area contributed by atoms with Crippen LogP contribution in [0.2, 0.25) is 5.02 Å². The molecule has 9 atom stereocenters. The highest BCUT2D eigenvalue weighted by Crippen LogP contribution is 2.49. The molecule has 18 nitrogen and oxygen atoms in total. The number of nitrogens with zero attached hydrogens (tertiary/aromatic N) is 3. The van der Waals surface area contributed by atoms with Crippen molar-refractivity contribution in [1.82, 2.24) is 15.1 Å². The van der Waals surface area contributed by atoms with Crippen LogP contribution in [0, 0.1) is 17.8 Å². The summed E-state index contributed by atoms with van der Waals surface area (Å²) in [4.78, 5) is 96.5. The van der Waals surface area contributed by atoms with Gasteiger partial charge in [0.15, 0.2) is 5.72 Å². The van der Waals surface area contributed by atoms with Crippen molar-refractivity contribution >= 4 is 70.6 Å². The highest BCUT2D eigenvalue weighted by molar-refractivity contribution is 8.00. The Kier molecular flexibility index (Phi) is 16.4. The van der Waals surface area contributed by atoms with Crippen LogP contribution in [0.1, 0.15) is 84.6 Å². The first-order chi connectivity index (χ1) is 31.6. The van der Waals surface area contributed by atoms with Gasteiger partial charge in [0.25, 0.3) is 0 Å². The van der Waals surface area contributed by atoms with Gasteiger partial charge in [-0.2, -0.15) is 0 Å². The molecule has 4 aliphatic heterocycles. The monoisotopic (exact) mass is 973 g/mol. The maximum atomic E-state index is 14.3. The van der Waals surface area contributed by atoms with Gasteiger partial charge in [0, 0.05) is 64.6 Å². The van der Waals surface area contributed by atoms with Gasteiger partial charge in [-0.3, -0.25) is 34.2 Å². The number of esters is 1. The number of methoxy groups -OCH3 is 2. The van der Waals surface area contributed by atoms with Crippen molar-refractivity contribution in [3.05, 3.63) is 46.5 Å². The predicted octanol–water partition coefficient (Wildman–Crippen LogP) is 4.06. The van der Waals surface area contributed by atoms with Gasteiger partial charge in [-0.15, -0.1) is 11.8 Å². The number of thioether (sulfide) groups is 1. The van der Waals surface area contributed by atoms with Crippen molar-refractivity contribution < 1.29 is 62.4 Å². The fourth-order valence-electron chi connectivity index (χ4n) is 9.55. The topological polar surface area (TPSA) is 237 Å². The van der Waals surface area contributed by atoms with Crippen molar-refractivity contribution in [2.75, 3.05) is 45.5 Å². The number of hydrogen-bond donors (Lipinski definition) is 3. The SMILES string of the molecule is COc1cc2cc(c1Cl)N(C)C(=O)CC(OC(=O)C(C)N(C)C(=O)CCSC1CC(=O)N(CC3CCC(C(N)=O)CC3)C1=O)C1(C)OC1C(C)C1CC(O)(NC(=O)O1)C(OC)C=CC=C(C)C2. The van der Waals surface area contributed by atoms with Gasteiger partial charge in [-0.1, -0.05) is 42.3 Å². The molecule has 4 heterocycles. The van der Waals surface area contributed by atoms with Crippen LogP contribution in [0.15, 0.2) is 35.9 Å². The number of benzene rings is 1. The molecule has 0 aromatic heterocycles. The summed E-state index contributed by atoms with van der Waals surface area (Å²) < 4.78 is 29.4. The zero-order valence-electron chi connectivity index (χ0n) is 39.4. The number of ether oxygens (including phenoxy) is 5. The van der Waals surface area contributed by atoms with Crippen LogP contribution in [0.4, 0.5) is 10.5 Å². The number of hydrogen-bond acceptors (Lipinski definition) is 14. The van der Waals surface area contributed by atoms with E-state index in [0.29, 0.717) is 50.1 Å². The molecule has 0 spiro atoms. The van der Waals surface area contributed by atoms with Crippen molar-refractivity contribution in [1.29, 1.82) is 0 Å². The van der Waals surface area contributed by atoms with E-state index < -0.39 is 76.8 Å². The average molecular weight is 975 g/mol. The normalized spacial score (nSPS) is 31.8. The molecule has 3 saturated heterocycles. The third-order valence-corrected chi connectivity index (χ3v) is 15.6. The molecule has 1 aliphatic carbocycles. The number of allylic oxidation sites excluding steroid dienone is 3. The number of fused-ring (bicyclic) bond motifs is 5. The number of likely N-dealkylation sites (tertiary alicyclic amines) is 1. The van der Waals surface area contributed by atoms with Crippen molar-refractivity contribution in [2.24, 2.45) is 23.5 Å². The van der Waals surface area contributed by atoms with Crippen LogP contribution >= 0.6 is 23.4 Å². The minimum absolute atomic E-state index is 0.0246. The van der Waals surface area contributed by atoms with Gasteiger partial charge < -0.3 is 44.3 Å². The Morgan fingerprint density at radius 3 is 2.46 bits per heavy atom. The molecule has 1 aromatic rings. The van der Waals surface area contributed by atoms with E-state index in [-0.39, 0.29) is 66.0 Å². The Bertz CT molecular complexity index is 2170. The summed E-state index contributed by atoms with van der Waals surface area (Å²) in [7, 11) is 5.89. The van der Waals surface area contributed by atoms with Crippen molar-refractivity contribution in [3.63, 3.8) is 0 Å². The lowest BCUT2D eigenvalue weighted by atomic mass is 9.81. The summed E-state index contributed by atoms with van der Waals surface area (Å²) in [6.07, 6.45) is 3.11. The van der Waals surface area contributed by atoms with Gasteiger partial charge in [0.2, 0.25) is 29.5 Å². The van der Waals surface area contributed by atoms with Crippen LogP contribution in [0.25, 0.3) is 0 Å². The van der Waals surface area contributed by atoms with Crippen LogP contribution in [-0.4, -0.2) is 144 Å². The van der Waals surface area contributed by atoms with Crippen LogP contribution < -0.4 is 20.7 Å². The molecule has 67 heavy (non-hydrogen) atoms. The Morgan fingerprint density at radius 1 is 1.10 bits per heavy atom. The zero-order valence-corrected chi connectivity index (χ0v) is 41.0. The number of halogens is 1. The van der Waals surface area contributed by atoms with E-state index in [9.17, 15) is 38.7 Å². The number of carbonyl (C=O) groups is 7. The molecule has 4 bridgehead atoms. The Balaban J connectivity index is 1.16. The Morgan fingerprint density at radius 2 is 1.81 bits per heavy atom. The fraction of sp³-hybridized carbons (Fsp3) is 0.638. The van der Waals surface area contributed by atoms with Gasteiger partial charge in [0.1, 0.15) is 40.7 Å². The number of aliphatic hydroxyl groups is 1. The lowest BCUT2D eigenvalue weighted by molar-refractivity contribution is -0.162. The minimum Gasteiger partial charge on any atom is -0.495 e. The molecule has 9 unspecified atom stereocenters. The summed E-state index contributed by atoms with van der Waals surface area (Å²) in [6, 6.07) is 2.42. The van der Waals surface area contributed by atoms with Gasteiger partial charge in [-0.25, -0.2) is 9.59 Å². The summed E-state index contributed by atoms with van der Waals surface area (Å²) in [5.41, 5.74) is 4.31. The summed E-state index contributed by atoms with van der Waals surface area (Å²) in [6.45, 7) is 7.16. The molecule has 1 aromatic carbocycles. The first-order valence-electron chi connectivity index (χ1n) is 22.7. The van der Waals surface area contributed by atoms with Gasteiger partial charge in [0.05, 0.1) is 30.6 Å². The van der Waals surface area contributed by atoms with Crippen LogP contribution in [-0.2, 0) is 54.1 Å². The molecular weight excluding hydrogens is 910 g/mol. The Labute approximate surface area is 400 Å². The first-order valence-corrected chi connectivity index (χ1v) is 24.1. The molecule has 368 valence electrons. The summed E-state index contributed by atoms with van der Waals surface area (Å²) in [5, 5.41) is 13.9. The lowest BCUT2D eigenvalue weighted by Crippen LogP contribution is -2.63. The van der Waals surface area contributed by atoms with Crippen LogP contribution in [0.5, 0.6) is 5.75 Å². The zero-order chi connectivity index (χ0) is 49.1. The number of rotatable bonds is 12. The number of amides is 6. The maximum absolute atomic E-state index is 14.3. The molecule has 6 rings (SSSR count). The summed E-state index contributed by atoms with van der Waals surface area (Å²) >= 11 is 8.02. The number of anilines is 1. The van der Waals surface area contributed by atoms with E-state index in [1.54, 1.807) is 45.2 Å². The molecule has 5 aliphatic rings. The highest BCUT2D eigenvalue weighted by Gasteiger charge is 2.64. The molecule has 4 N–H and O–H groups in total. The van der Waals surface area contributed by atoms with Crippen molar-refractivity contribution in [2.45, 2.75) is 133 Å². The molecule has 1 saturated carbocycles. The second kappa shape index (κ2) is 21.3. The first kappa shape index (κ1) is 51.7. The molecule has 4 fully saturated rings. The van der Waals surface area contributed by atoms with E-state index in [1.165, 1.54) is 54.7 Å². The number of imide groups is 1. The second-order valence-electron chi connectivity index (χ2n) is 18.7. The molecular formula is C47H64ClN5O13S. The smallest absolute Gasteiger partial charge is 0.409 e. The molecule has 6 amide bonds. The standard InChI is InChI=1S/C47H64ClN5O13S/c1-25-10-9-11-35(63-8)47(61)23-33(64-45(60)50-47)26(2)41-46(4,66-41)36(22-38(55)52(6)31-19-29(18-25)20-32(62-7)40(31)48)65-44(59)27(3)51(5)37(54)16-17-67-34-21-39(56)53(43(34)58)24-28-12-14-30(15-13-28)42(49)57/h9-11,19-20,26-28,30,33-36,41,61H,12-18,21-24H2,1-8H3,(H2,49,57)(H,50,60). The number of epoxide rings is 1. The lowest BCUT2D eigenvalue weighted by Gasteiger charge is -2.42. The second-order valence-corrected chi connectivity index (χ2v) is 20.4. The number of nitrogens with two attached hydrogens (primary N) is 1. The number of carbonyl (C=O) groups excluding carboxylic acids is 7. The third kappa shape index (κ3) is 11.6. The van der Waals surface area contributed by atoms with Crippen molar-refractivity contribution in [3.8, 4) is 5.75 Å².